The molecule has 0 saturated carbocycles. The molecule has 0 saturated heterocycles. The average molecular weight is 637 g/mol. The van der Waals surface area contributed by atoms with Crippen LogP contribution in [0.5, 0.6) is 11.8 Å². The van der Waals surface area contributed by atoms with Gasteiger partial charge in [0.2, 0.25) is 17.7 Å². The highest BCUT2D eigenvalue weighted by Gasteiger charge is 2.28. The number of aromatic hydroxyl groups is 2. The number of benzene rings is 2. The number of hydrogen-bond acceptors (Lipinski definition) is 9. The highest BCUT2D eigenvalue weighted by atomic mass is 16.7. The first-order chi connectivity index (χ1) is 21.5. The van der Waals surface area contributed by atoms with Crippen LogP contribution in [0.15, 0.2) is 60.7 Å². The Morgan fingerprint density at radius 2 is 1.13 bits per heavy atom. The van der Waals surface area contributed by atoms with Crippen molar-refractivity contribution >= 4 is 23.8 Å². The van der Waals surface area contributed by atoms with E-state index >= 15 is 0 Å². The SMILES string of the molecule is CC(C)(C)OC(=O)Cc1ccc(CCc2ccc(CC(=O)NC(CCC(=O)On3c(O)ccc3O)C(=O)OC(C)(C)C)cc2)cc1. The van der Waals surface area contributed by atoms with Gasteiger partial charge in [0.1, 0.15) is 17.2 Å². The minimum absolute atomic E-state index is 0.00818. The van der Waals surface area contributed by atoms with Crippen molar-refractivity contribution in [2.75, 3.05) is 0 Å². The third-order valence-electron chi connectivity index (χ3n) is 6.54. The molecule has 46 heavy (non-hydrogen) atoms. The number of esters is 2. The zero-order valence-electron chi connectivity index (χ0n) is 27.3. The number of nitrogens with one attached hydrogen (secondary N) is 1. The van der Waals surface area contributed by atoms with E-state index in [1.165, 1.54) is 0 Å². The normalized spacial score (nSPS) is 12.2. The van der Waals surface area contributed by atoms with Crippen LogP contribution >= 0.6 is 0 Å². The van der Waals surface area contributed by atoms with E-state index in [1.54, 1.807) is 20.8 Å². The molecule has 1 atom stereocenters. The first kappa shape index (κ1) is 35.7. The van der Waals surface area contributed by atoms with Crippen molar-refractivity contribution in [3.8, 4) is 11.8 Å². The maximum absolute atomic E-state index is 12.9. The third-order valence-corrected chi connectivity index (χ3v) is 6.54. The van der Waals surface area contributed by atoms with Gasteiger partial charge < -0.3 is 29.8 Å². The van der Waals surface area contributed by atoms with Crippen molar-refractivity contribution < 1.29 is 43.7 Å². The molecule has 0 radical (unpaired) electrons. The molecule has 3 N–H and O–H groups in total. The molecular weight excluding hydrogens is 592 g/mol. The second-order valence-electron chi connectivity index (χ2n) is 13.1. The molecule has 11 heteroatoms. The number of nitrogens with zero attached hydrogens (tertiary/aromatic N) is 1. The topological polar surface area (TPSA) is 153 Å². The van der Waals surface area contributed by atoms with Crippen LogP contribution in [0, 0.1) is 0 Å². The van der Waals surface area contributed by atoms with Crippen molar-refractivity contribution in [3.63, 3.8) is 0 Å². The van der Waals surface area contributed by atoms with Gasteiger partial charge in [-0.05, 0) is 83.1 Å². The van der Waals surface area contributed by atoms with Crippen LogP contribution in [0.4, 0.5) is 0 Å². The van der Waals surface area contributed by atoms with Crippen molar-refractivity contribution in [2.45, 2.75) is 97.3 Å². The Kier molecular flexibility index (Phi) is 12.0. The van der Waals surface area contributed by atoms with Gasteiger partial charge in [-0.25, -0.2) is 9.59 Å². The second-order valence-corrected chi connectivity index (χ2v) is 13.1. The van der Waals surface area contributed by atoms with Crippen LogP contribution in [0.2, 0.25) is 0 Å². The highest BCUT2D eigenvalue weighted by molar-refractivity contribution is 5.86. The Morgan fingerprint density at radius 1 is 0.674 bits per heavy atom. The lowest BCUT2D eigenvalue weighted by Gasteiger charge is -2.24. The van der Waals surface area contributed by atoms with Gasteiger partial charge in [-0.15, -0.1) is 4.73 Å². The number of carbonyl (C=O) groups is 4. The summed E-state index contributed by atoms with van der Waals surface area (Å²) >= 11 is 0. The Balaban J connectivity index is 1.52. The highest BCUT2D eigenvalue weighted by Crippen LogP contribution is 2.19. The average Bonchev–Trinajstić information content (AvgIpc) is 3.25. The number of ether oxygens (including phenoxy) is 2. The maximum Gasteiger partial charge on any atom is 0.333 e. The lowest BCUT2D eigenvalue weighted by Crippen LogP contribution is -2.45. The first-order valence-corrected chi connectivity index (χ1v) is 15.2. The summed E-state index contributed by atoms with van der Waals surface area (Å²) in [6.07, 6.45) is 1.39. The molecule has 1 heterocycles. The summed E-state index contributed by atoms with van der Waals surface area (Å²) in [5.41, 5.74) is 2.53. The molecular formula is C35H44N2O9. The molecule has 0 aliphatic rings. The van der Waals surface area contributed by atoms with Gasteiger partial charge in [0, 0.05) is 12.1 Å². The van der Waals surface area contributed by atoms with Crippen molar-refractivity contribution in [1.29, 1.82) is 0 Å². The Morgan fingerprint density at radius 3 is 1.61 bits per heavy atom. The van der Waals surface area contributed by atoms with Crippen LogP contribution in [0.3, 0.4) is 0 Å². The van der Waals surface area contributed by atoms with E-state index < -0.39 is 46.8 Å². The van der Waals surface area contributed by atoms with Gasteiger partial charge in [-0.2, -0.15) is 0 Å². The van der Waals surface area contributed by atoms with Crippen LogP contribution < -0.4 is 10.2 Å². The molecule has 0 aliphatic carbocycles. The molecule has 1 unspecified atom stereocenters. The quantitative estimate of drug-likeness (QED) is 0.232. The zero-order valence-corrected chi connectivity index (χ0v) is 27.3. The molecule has 248 valence electrons. The molecule has 3 rings (SSSR count). The van der Waals surface area contributed by atoms with E-state index in [0.717, 1.165) is 47.2 Å². The van der Waals surface area contributed by atoms with Gasteiger partial charge in [0.15, 0.2) is 0 Å². The monoisotopic (exact) mass is 636 g/mol. The standard InChI is InChI=1S/C35H44N2O9/c1-34(2,3)44-32(42)22-26-15-11-24(12-16-26)8-7-23-9-13-25(14-10-23)21-28(38)36-27(33(43)45-35(4,5)6)17-20-31(41)46-37-29(39)18-19-30(37)40/h9-16,18-19,27,39-40H,7-8,17,20-22H2,1-6H3,(H,36,38). The van der Waals surface area contributed by atoms with Gasteiger partial charge in [-0.1, -0.05) is 48.5 Å². The smallest absolute Gasteiger partial charge is 0.333 e. The third kappa shape index (κ3) is 12.3. The fourth-order valence-electron chi connectivity index (χ4n) is 4.44. The molecule has 0 fully saturated rings. The Hall–Kier alpha value is -4.80. The molecule has 1 aromatic heterocycles. The number of amides is 1. The summed E-state index contributed by atoms with van der Waals surface area (Å²) in [5, 5.41) is 22.0. The number of carbonyl (C=O) groups excluding carboxylic acids is 4. The van der Waals surface area contributed by atoms with Gasteiger partial charge in [0.05, 0.1) is 19.3 Å². The van der Waals surface area contributed by atoms with E-state index in [9.17, 15) is 29.4 Å². The van der Waals surface area contributed by atoms with E-state index in [2.05, 4.69) is 5.32 Å². The van der Waals surface area contributed by atoms with Crippen molar-refractivity contribution in [3.05, 3.63) is 82.9 Å². The number of hydrogen-bond donors (Lipinski definition) is 3. The van der Waals surface area contributed by atoms with Crippen LogP contribution in [0.1, 0.15) is 76.6 Å². The van der Waals surface area contributed by atoms with Gasteiger partial charge in [-0.3, -0.25) is 9.59 Å². The molecule has 3 aromatic rings. The van der Waals surface area contributed by atoms with Crippen LogP contribution in [0.25, 0.3) is 0 Å². The van der Waals surface area contributed by atoms with Crippen LogP contribution in [-0.2, 0) is 54.3 Å². The minimum Gasteiger partial charge on any atom is -0.492 e. The fourth-order valence-corrected chi connectivity index (χ4v) is 4.44. The Bertz CT molecular complexity index is 1480. The predicted molar refractivity (Wildman–Crippen MR) is 170 cm³/mol. The molecule has 0 spiro atoms. The summed E-state index contributed by atoms with van der Waals surface area (Å²) in [4.78, 5) is 55.1. The fraction of sp³-hybridized carbons (Fsp3) is 0.429. The van der Waals surface area contributed by atoms with Crippen molar-refractivity contribution in [2.24, 2.45) is 0 Å². The lowest BCUT2D eigenvalue weighted by atomic mass is 10.0. The second kappa shape index (κ2) is 15.5. The molecule has 0 bridgehead atoms. The minimum atomic E-state index is -1.12. The molecule has 11 nitrogen and oxygen atoms in total. The largest absolute Gasteiger partial charge is 0.492 e. The van der Waals surface area contributed by atoms with Crippen molar-refractivity contribution in [1.82, 2.24) is 10.0 Å². The number of aromatic nitrogens is 1. The lowest BCUT2D eigenvalue weighted by molar-refractivity contribution is -0.159. The summed E-state index contributed by atoms with van der Waals surface area (Å²) in [7, 11) is 0. The summed E-state index contributed by atoms with van der Waals surface area (Å²) in [5.74, 6) is -3.17. The van der Waals surface area contributed by atoms with Crippen LogP contribution in [-0.4, -0.2) is 56.0 Å². The van der Waals surface area contributed by atoms with Gasteiger partial charge in [0.25, 0.3) is 0 Å². The van der Waals surface area contributed by atoms with Gasteiger partial charge >= 0.3 is 17.9 Å². The summed E-state index contributed by atoms with van der Waals surface area (Å²) < 4.78 is 11.4. The molecule has 0 aliphatic heterocycles. The van der Waals surface area contributed by atoms with E-state index in [-0.39, 0.29) is 31.7 Å². The zero-order chi connectivity index (χ0) is 34.1. The first-order valence-electron chi connectivity index (χ1n) is 15.2. The Labute approximate surface area is 269 Å². The number of aryl methyl sites for hydroxylation is 2. The number of rotatable bonds is 13. The summed E-state index contributed by atoms with van der Waals surface area (Å²) in [6, 6.07) is 16.7. The van der Waals surface area contributed by atoms with E-state index in [0.29, 0.717) is 4.73 Å². The molecule has 2 aromatic carbocycles. The van der Waals surface area contributed by atoms with E-state index in [4.69, 9.17) is 14.3 Å². The predicted octanol–water partition coefficient (Wildman–Crippen LogP) is 4.37. The molecule has 1 amide bonds. The maximum atomic E-state index is 12.9. The summed E-state index contributed by atoms with van der Waals surface area (Å²) in [6.45, 7) is 10.6. The van der Waals surface area contributed by atoms with E-state index in [1.807, 2.05) is 69.3 Å².